The molecule has 2 atom stereocenters. The van der Waals surface area contributed by atoms with E-state index in [1.54, 1.807) is 0 Å². The van der Waals surface area contributed by atoms with Crippen molar-refractivity contribution in [1.82, 2.24) is 0 Å². The van der Waals surface area contributed by atoms with Crippen LogP contribution in [-0.2, 0) is 9.53 Å². The van der Waals surface area contributed by atoms with Crippen molar-refractivity contribution in [3.05, 3.63) is 0 Å². The van der Waals surface area contributed by atoms with Crippen molar-refractivity contribution >= 4 is 5.97 Å². The van der Waals surface area contributed by atoms with E-state index in [0.29, 0.717) is 25.4 Å². The predicted molar refractivity (Wildman–Crippen MR) is 61.0 cm³/mol. The average molecular weight is 216 g/mol. The fourth-order valence-electron chi connectivity index (χ4n) is 1.61. The summed E-state index contributed by atoms with van der Waals surface area (Å²) < 4.78 is 5.56. The van der Waals surface area contributed by atoms with Gasteiger partial charge >= 0.3 is 5.97 Å². The quantitative estimate of drug-likeness (QED) is 0.678. The molecule has 0 saturated carbocycles. The van der Waals surface area contributed by atoms with Crippen LogP contribution in [0.25, 0.3) is 0 Å². The molecule has 0 aliphatic heterocycles. The van der Waals surface area contributed by atoms with E-state index in [0.717, 1.165) is 12.8 Å². The molecule has 0 aliphatic carbocycles. The van der Waals surface area contributed by atoms with Crippen LogP contribution in [0.15, 0.2) is 0 Å². The molecule has 0 fully saturated rings. The van der Waals surface area contributed by atoms with Gasteiger partial charge in [-0.2, -0.15) is 0 Å². The zero-order chi connectivity index (χ0) is 11.9. The molecule has 0 rings (SSSR count). The molecule has 0 bridgehead atoms. The van der Waals surface area contributed by atoms with Crippen molar-refractivity contribution in [2.24, 2.45) is 5.92 Å². The third-order valence-electron chi connectivity index (χ3n) is 2.92. The number of ether oxygens (including phenoxy) is 1. The Morgan fingerprint density at radius 3 is 2.33 bits per heavy atom. The molecule has 0 heterocycles. The first-order valence-electron chi connectivity index (χ1n) is 5.89. The van der Waals surface area contributed by atoms with Gasteiger partial charge in [0.1, 0.15) is 0 Å². The Bertz CT molecular complexity index is 191. The molecule has 0 aromatic carbocycles. The van der Waals surface area contributed by atoms with Crippen LogP contribution in [0.1, 0.15) is 53.4 Å². The topological polar surface area (TPSA) is 46.5 Å². The fourth-order valence-corrected chi connectivity index (χ4v) is 1.61. The van der Waals surface area contributed by atoms with Crippen LogP contribution >= 0.6 is 0 Å². The lowest BCUT2D eigenvalue weighted by atomic mass is 9.87. The maximum Gasteiger partial charge on any atom is 0.335 e. The maximum atomic E-state index is 11.3. The summed E-state index contributed by atoms with van der Waals surface area (Å²) in [6, 6.07) is 0. The molecule has 90 valence electrons. The van der Waals surface area contributed by atoms with Gasteiger partial charge in [-0.3, -0.25) is 0 Å². The second-order valence-corrected chi connectivity index (χ2v) is 4.22. The minimum absolute atomic E-state index is 0.387. The summed E-state index contributed by atoms with van der Waals surface area (Å²) in [5, 5.41) is 9.27. The lowest BCUT2D eigenvalue weighted by Crippen LogP contribution is -2.42. The standard InChI is InChI=1S/C12H24O3/c1-5-8-15-12(7-3,11(13)14)9-10(4)6-2/h10H,5-9H2,1-4H3,(H,13,14). The van der Waals surface area contributed by atoms with Crippen molar-refractivity contribution in [3.63, 3.8) is 0 Å². The zero-order valence-electron chi connectivity index (χ0n) is 10.4. The average Bonchev–Trinajstić information content (AvgIpc) is 2.23. The highest BCUT2D eigenvalue weighted by Crippen LogP contribution is 2.27. The second kappa shape index (κ2) is 6.83. The third-order valence-corrected chi connectivity index (χ3v) is 2.92. The van der Waals surface area contributed by atoms with E-state index in [1.165, 1.54) is 0 Å². The summed E-state index contributed by atoms with van der Waals surface area (Å²) in [5.41, 5.74) is -0.967. The second-order valence-electron chi connectivity index (χ2n) is 4.22. The molecular formula is C12H24O3. The van der Waals surface area contributed by atoms with Crippen molar-refractivity contribution in [3.8, 4) is 0 Å². The van der Waals surface area contributed by atoms with Crippen molar-refractivity contribution in [1.29, 1.82) is 0 Å². The predicted octanol–water partition coefficient (Wildman–Crippen LogP) is 3.08. The zero-order valence-corrected chi connectivity index (χ0v) is 10.4. The van der Waals surface area contributed by atoms with Crippen LogP contribution in [0.4, 0.5) is 0 Å². The van der Waals surface area contributed by atoms with Crippen LogP contribution in [0.3, 0.4) is 0 Å². The number of hydrogen-bond donors (Lipinski definition) is 1. The van der Waals surface area contributed by atoms with Crippen molar-refractivity contribution < 1.29 is 14.6 Å². The number of carboxylic acid groups (broad SMARTS) is 1. The first-order valence-corrected chi connectivity index (χ1v) is 5.89. The van der Waals surface area contributed by atoms with Crippen LogP contribution in [0, 0.1) is 5.92 Å². The normalized spacial score (nSPS) is 17.1. The summed E-state index contributed by atoms with van der Waals surface area (Å²) in [6.45, 7) is 8.55. The van der Waals surface area contributed by atoms with Gasteiger partial charge in [-0.25, -0.2) is 4.79 Å². The monoisotopic (exact) mass is 216 g/mol. The summed E-state index contributed by atoms with van der Waals surface area (Å²) in [4.78, 5) is 11.3. The Morgan fingerprint density at radius 2 is 2.00 bits per heavy atom. The molecular weight excluding hydrogens is 192 g/mol. The number of aliphatic carboxylic acids is 1. The number of carbonyl (C=O) groups is 1. The van der Waals surface area contributed by atoms with E-state index in [4.69, 9.17) is 4.74 Å². The highest BCUT2D eigenvalue weighted by molar-refractivity contribution is 5.77. The maximum absolute atomic E-state index is 11.3. The summed E-state index contributed by atoms with van der Waals surface area (Å²) in [7, 11) is 0. The number of carboxylic acids is 1. The SMILES string of the molecule is CCCOC(CC)(CC(C)CC)C(=O)O. The molecule has 15 heavy (non-hydrogen) atoms. The van der Waals surface area contributed by atoms with Crippen molar-refractivity contribution in [2.45, 2.75) is 59.0 Å². The molecule has 2 unspecified atom stereocenters. The van der Waals surface area contributed by atoms with Gasteiger partial charge in [0, 0.05) is 6.61 Å². The Hall–Kier alpha value is -0.570. The Balaban J connectivity index is 4.57. The van der Waals surface area contributed by atoms with Gasteiger partial charge in [0.2, 0.25) is 0 Å². The molecule has 3 nitrogen and oxygen atoms in total. The van der Waals surface area contributed by atoms with E-state index in [9.17, 15) is 9.90 Å². The smallest absolute Gasteiger partial charge is 0.335 e. The van der Waals surface area contributed by atoms with Crippen molar-refractivity contribution in [2.75, 3.05) is 6.61 Å². The van der Waals surface area contributed by atoms with Gasteiger partial charge in [-0.1, -0.05) is 34.1 Å². The molecule has 3 heteroatoms. The molecule has 0 saturated heterocycles. The Labute approximate surface area is 92.8 Å². The first-order chi connectivity index (χ1) is 7.02. The van der Waals surface area contributed by atoms with E-state index in [2.05, 4.69) is 13.8 Å². The van der Waals surface area contributed by atoms with E-state index < -0.39 is 11.6 Å². The molecule has 0 spiro atoms. The fraction of sp³-hybridized carbons (Fsp3) is 0.917. The molecule has 0 aromatic rings. The van der Waals surface area contributed by atoms with Crippen LogP contribution in [0.2, 0.25) is 0 Å². The molecule has 0 radical (unpaired) electrons. The molecule has 0 aromatic heterocycles. The summed E-state index contributed by atoms with van der Waals surface area (Å²) in [6.07, 6.45) is 2.99. The largest absolute Gasteiger partial charge is 0.479 e. The highest BCUT2D eigenvalue weighted by atomic mass is 16.5. The third kappa shape index (κ3) is 4.20. The van der Waals surface area contributed by atoms with E-state index in [-0.39, 0.29) is 0 Å². The van der Waals surface area contributed by atoms with Gasteiger partial charge in [-0.05, 0) is 25.2 Å². The van der Waals surface area contributed by atoms with Gasteiger partial charge < -0.3 is 9.84 Å². The Morgan fingerprint density at radius 1 is 1.40 bits per heavy atom. The minimum Gasteiger partial charge on any atom is -0.479 e. The molecule has 0 aliphatic rings. The first kappa shape index (κ1) is 14.4. The molecule has 1 N–H and O–H groups in total. The highest BCUT2D eigenvalue weighted by Gasteiger charge is 2.38. The minimum atomic E-state index is -0.967. The van der Waals surface area contributed by atoms with Crippen LogP contribution in [0.5, 0.6) is 0 Å². The van der Waals surface area contributed by atoms with Crippen LogP contribution in [-0.4, -0.2) is 23.3 Å². The van der Waals surface area contributed by atoms with Gasteiger partial charge in [0.05, 0.1) is 0 Å². The van der Waals surface area contributed by atoms with Crippen LogP contribution < -0.4 is 0 Å². The van der Waals surface area contributed by atoms with E-state index in [1.807, 2.05) is 13.8 Å². The number of hydrogen-bond acceptors (Lipinski definition) is 2. The van der Waals surface area contributed by atoms with Gasteiger partial charge in [0.15, 0.2) is 5.60 Å². The molecule has 0 amide bonds. The van der Waals surface area contributed by atoms with Gasteiger partial charge in [-0.15, -0.1) is 0 Å². The lowest BCUT2D eigenvalue weighted by molar-refractivity contribution is -0.169. The summed E-state index contributed by atoms with van der Waals surface area (Å²) >= 11 is 0. The Kier molecular flexibility index (Phi) is 6.57. The number of rotatable bonds is 8. The summed E-state index contributed by atoms with van der Waals surface area (Å²) in [5.74, 6) is -0.434. The van der Waals surface area contributed by atoms with E-state index >= 15 is 0 Å². The van der Waals surface area contributed by atoms with Gasteiger partial charge in [0.25, 0.3) is 0 Å². The lowest BCUT2D eigenvalue weighted by Gasteiger charge is -2.30.